The summed E-state index contributed by atoms with van der Waals surface area (Å²) in [6, 6.07) is 6.06. The Morgan fingerprint density at radius 3 is 2.64 bits per heavy atom. The van der Waals surface area contributed by atoms with E-state index in [1.165, 1.54) is 19.3 Å². The van der Waals surface area contributed by atoms with Crippen LogP contribution in [0.4, 0.5) is 0 Å². The van der Waals surface area contributed by atoms with Gasteiger partial charge in [0.2, 0.25) is 11.8 Å². The Kier molecular flexibility index (Phi) is 6.81. The number of hydrogen-bond acceptors (Lipinski definition) is 4. The lowest BCUT2D eigenvalue weighted by atomic mass is 9.85. The molecule has 2 fully saturated rings. The largest absolute Gasteiger partial charge is 0.493 e. The van der Waals surface area contributed by atoms with Gasteiger partial charge in [-0.25, -0.2) is 0 Å². The number of hydrogen-bond donors (Lipinski definition) is 1. The molecule has 1 saturated heterocycles. The van der Waals surface area contributed by atoms with Crippen molar-refractivity contribution in [2.45, 2.75) is 51.5 Å². The lowest BCUT2D eigenvalue weighted by Gasteiger charge is -2.30. The Balaban J connectivity index is 1.52. The zero-order valence-electron chi connectivity index (χ0n) is 17.2. The molecule has 1 aliphatic carbocycles. The van der Waals surface area contributed by atoms with Gasteiger partial charge < -0.3 is 19.7 Å². The second-order valence-electron chi connectivity index (χ2n) is 8.06. The first-order valence-electron chi connectivity index (χ1n) is 10.3. The summed E-state index contributed by atoms with van der Waals surface area (Å²) < 4.78 is 10.6. The van der Waals surface area contributed by atoms with Gasteiger partial charge in [-0.3, -0.25) is 9.59 Å². The molecule has 1 aromatic carbocycles. The van der Waals surface area contributed by atoms with Crippen molar-refractivity contribution in [3.8, 4) is 11.5 Å². The average molecular weight is 389 g/mol. The van der Waals surface area contributed by atoms with Gasteiger partial charge in [-0.2, -0.15) is 0 Å². The van der Waals surface area contributed by atoms with Crippen molar-refractivity contribution in [3.05, 3.63) is 23.8 Å². The van der Waals surface area contributed by atoms with Crippen LogP contribution < -0.4 is 14.8 Å². The number of amides is 2. The van der Waals surface area contributed by atoms with Crippen molar-refractivity contribution < 1.29 is 19.1 Å². The molecule has 154 valence electrons. The van der Waals surface area contributed by atoms with Gasteiger partial charge in [-0.15, -0.1) is 0 Å². The summed E-state index contributed by atoms with van der Waals surface area (Å²) in [5, 5.41) is 3.20. The van der Waals surface area contributed by atoms with Crippen LogP contribution in [0.2, 0.25) is 0 Å². The number of carbonyl (C=O) groups is 2. The lowest BCUT2D eigenvalue weighted by Crippen LogP contribution is -2.44. The number of carbonyl (C=O) groups excluding carboxylic acids is 2. The van der Waals surface area contributed by atoms with Gasteiger partial charge in [0.15, 0.2) is 11.5 Å². The number of nitrogens with one attached hydrogen (secondary N) is 1. The number of ether oxygens (including phenoxy) is 2. The molecule has 3 unspecified atom stereocenters. The highest BCUT2D eigenvalue weighted by molar-refractivity contribution is 5.89. The van der Waals surface area contributed by atoms with Crippen LogP contribution in [-0.2, 0) is 16.0 Å². The Bertz CT molecular complexity index is 706. The topological polar surface area (TPSA) is 67.9 Å². The SMILES string of the molecule is COc1ccc(CCN2CC(C(=O)NC3CCCCC3C)CC2=O)cc1OC. The van der Waals surface area contributed by atoms with Crippen molar-refractivity contribution >= 4 is 11.8 Å². The third-order valence-electron chi connectivity index (χ3n) is 6.14. The number of benzene rings is 1. The van der Waals surface area contributed by atoms with Gasteiger partial charge in [-0.05, 0) is 42.9 Å². The van der Waals surface area contributed by atoms with E-state index in [0.29, 0.717) is 36.9 Å². The summed E-state index contributed by atoms with van der Waals surface area (Å²) in [5.74, 6) is 1.78. The quantitative estimate of drug-likeness (QED) is 0.780. The van der Waals surface area contributed by atoms with E-state index >= 15 is 0 Å². The lowest BCUT2D eigenvalue weighted by molar-refractivity contribution is -0.129. The number of methoxy groups -OCH3 is 2. The zero-order chi connectivity index (χ0) is 20.1. The average Bonchev–Trinajstić information content (AvgIpc) is 3.08. The van der Waals surface area contributed by atoms with Gasteiger partial charge >= 0.3 is 0 Å². The van der Waals surface area contributed by atoms with Crippen LogP contribution in [0.1, 0.15) is 44.6 Å². The molecule has 6 heteroatoms. The predicted molar refractivity (Wildman–Crippen MR) is 107 cm³/mol. The molecule has 2 amide bonds. The first-order valence-corrected chi connectivity index (χ1v) is 10.3. The van der Waals surface area contributed by atoms with Crippen LogP contribution in [0.5, 0.6) is 11.5 Å². The van der Waals surface area contributed by atoms with Crippen molar-refractivity contribution in [2.75, 3.05) is 27.3 Å². The molecule has 0 radical (unpaired) electrons. The van der Waals surface area contributed by atoms with Crippen molar-refractivity contribution in [1.82, 2.24) is 10.2 Å². The minimum absolute atomic E-state index is 0.0423. The maximum atomic E-state index is 12.7. The minimum atomic E-state index is -0.230. The number of nitrogens with zero attached hydrogens (tertiary/aromatic N) is 1. The maximum Gasteiger partial charge on any atom is 0.225 e. The Morgan fingerprint density at radius 2 is 1.93 bits per heavy atom. The number of rotatable bonds is 7. The molecule has 6 nitrogen and oxygen atoms in total. The van der Waals surface area contributed by atoms with E-state index in [1.54, 1.807) is 14.2 Å². The van der Waals surface area contributed by atoms with Crippen molar-refractivity contribution in [1.29, 1.82) is 0 Å². The Hall–Kier alpha value is -2.24. The van der Waals surface area contributed by atoms with Crippen LogP contribution in [0, 0.1) is 11.8 Å². The third kappa shape index (κ3) is 4.78. The predicted octanol–water partition coefficient (Wildman–Crippen LogP) is 2.79. The third-order valence-corrected chi connectivity index (χ3v) is 6.14. The first kappa shape index (κ1) is 20.5. The fourth-order valence-electron chi connectivity index (χ4n) is 4.30. The van der Waals surface area contributed by atoms with Crippen molar-refractivity contribution in [2.24, 2.45) is 11.8 Å². The van der Waals surface area contributed by atoms with Gasteiger partial charge in [0.25, 0.3) is 0 Å². The maximum absolute atomic E-state index is 12.7. The van der Waals surface area contributed by atoms with E-state index in [0.717, 1.165) is 18.4 Å². The van der Waals surface area contributed by atoms with Crippen LogP contribution in [0.3, 0.4) is 0 Å². The smallest absolute Gasteiger partial charge is 0.225 e. The van der Waals surface area contributed by atoms with E-state index in [1.807, 2.05) is 23.1 Å². The second kappa shape index (κ2) is 9.30. The molecule has 1 aliphatic heterocycles. The molecule has 3 atom stereocenters. The molecule has 0 bridgehead atoms. The Labute approximate surface area is 167 Å². The molecule has 28 heavy (non-hydrogen) atoms. The van der Waals surface area contributed by atoms with Gasteiger partial charge in [0, 0.05) is 25.6 Å². The van der Waals surface area contributed by atoms with E-state index in [9.17, 15) is 9.59 Å². The van der Waals surface area contributed by atoms with Crippen LogP contribution in [-0.4, -0.2) is 50.1 Å². The minimum Gasteiger partial charge on any atom is -0.493 e. The standard InChI is InChI=1S/C22H32N2O4/c1-15-6-4-5-7-18(15)23-22(26)17-13-21(25)24(14-17)11-10-16-8-9-19(27-2)20(12-16)28-3/h8-9,12,15,17-18H,4-7,10-11,13-14H2,1-3H3,(H,23,26). The molecular weight excluding hydrogens is 356 g/mol. The van der Waals surface area contributed by atoms with Gasteiger partial charge in [0.05, 0.1) is 20.1 Å². The van der Waals surface area contributed by atoms with Crippen LogP contribution in [0.25, 0.3) is 0 Å². The normalized spacial score (nSPS) is 24.9. The van der Waals surface area contributed by atoms with Gasteiger partial charge in [-0.1, -0.05) is 25.8 Å². The molecule has 1 saturated carbocycles. The molecule has 1 aromatic rings. The van der Waals surface area contributed by atoms with E-state index in [-0.39, 0.29) is 23.8 Å². The summed E-state index contributed by atoms with van der Waals surface area (Å²) >= 11 is 0. The fourth-order valence-corrected chi connectivity index (χ4v) is 4.30. The molecule has 2 aliphatic rings. The monoisotopic (exact) mass is 388 g/mol. The Morgan fingerprint density at radius 1 is 1.18 bits per heavy atom. The van der Waals surface area contributed by atoms with E-state index < -0.39 is 0 Å². The van der Waals surface area contributed by atoms with E-state index in [4.69, 9.17) is 9.47 Å². The molecule has 1 N–H and O–H groups in total. The van der Waals surface area contributed by atoms with Crippen LogP contribution >= 0.6 is 0 Å². The van der Waals surface area contributed by atoms with Gasteiger partial charge in [0.1, 0.15) is 0 Å². The summed E-state index contributed by atoms with van der Waals surface area (Å²) in [4.78, 5) is 26.9. The molecular formula is C22H32N2O4. The summed E-state index contributed by atoms with van der Waals surface area (Å²) in [6.07, 6.45) is 5.69. The zero-order valence-corrected chi connectivity index (χ0v) is 17.2. The molecule has 3 rings (SSSR count). The number of likely N-dealkylation sites (tertiary alicyclic amines) is 1. The van der Waals surface area contributed by atoms with Crippen LogP contribution in [0.15, 0.2) is 18.2 Å². The molecule has 0 spiro atoms. The fraction of sp³-hybridized carbons (Fsp3) is 0.636. The van der Waals surface area contributed by atoms with Crippen molar-refractivity contribution in [3.63, 3.8) is 0 Å². The molecule has 0 aromatic heterocycles. The summed E-state index contributed by atoms with van der Waals surface area (Å²) in [6.45, 7) is 3.33. The summed E-state index contributed by atoms with van der Waals surface area (Å²) in [7, 11) is 3.22. The summed E-state index contributed by atoms with van der Waals surface area (Å²) in [5.41, 5.74) is 1.08. The first-order chi connectivity index (χ1) is 13.5. The highest BCUT2D eigenvalue weighted by Crippen LogP contribution is 2.28. The van der Waals surface area contributed by atoms with E-state index in [2.05, 4.69) is 12.2 Å². The highest BCUT2D eigenvalue weighted by Gasteiger charge is 2.35. The second-order valence-corrected chi connectivity index (χ2v) is 8.06. The highest BCUT2D eigenvalue weighted by atomic mass is 16.5. The molecule has 1 heterocycles.